The van der Waals surface area contributed by atoms with Crippen molar-refractivity contribution < 1.29 is 22.7 Å². The van der Waals surface area contributed by atoms with E-state index in [2.05, 4.69) is 19.7 Å². The standard InChI is InChI=1S/C12H8F3N3O2.C2H6/c1-20-11(19)8-3-2-7(4-17-8)9-5-16-6-10(18-9)12(13,14)15;1-2/h2-6H,1H3;1-2H3. The Hall–Kier alpha value is -2.51. The van der Waals surface area contributed by atoms with Crippen molar-refractivity contribution in [2.75, 3.05) is 7.11 Å². The van der Waals surface area contributed by atoms with Gasteiger partial charge >= 0.3 is 12.1 Å². The molecule has 5 nitrogen and oxygen atoms in total. The minimum Gasteiger partial charge on any atom is -0.464 e. The average molecular weight is 313 g/mol. The molecule has 118 valence electrons. The molecule has 0 radical (unpaired) electrons. The number of esters is 1. The van der Waals surface area contributed by atoms with Crippen LogP contribution in [0, 0.1) is 0 Å². The van der Waals surface area contributed by atoms with Gasteiger partial charge in [-0.25, -0.2) is 14.8 Å². The summed E-state index contributed by atoms with van der Waals surface area (Å²) in [4.78, 5) is 21.9. The van der Waals surface area contributed by atoms with Gasteiger partial charge in [0, 0.05) is 11.8 Å². The van der Waals surface area contributed by atoms with Crippen LogP contribution < -0.4 is 0 Å². The minimum atomic E-state index is -4.57. The Balaban J connectivity index is 0.00000116. The van der Waals surface area contributed by atoms with Crippen LogP contribution in [0.3, 0.4) is 0 Å². The van der Waals surface area contributed by atoms with E-state index in [0.717, 1.165) is 0 Å². The van der Waals surface area contributed by atoms with Crippen LogP contribution in [0.4, 0.5) is 13.2 Å². The molecule has 0 aliphatic rings. The Morgan fingerprint density at radius 3 is 2.32 bits per heavy atom. The number of methoxy groups -OCH3 is 1. The molecule has 8 heteroatoms. The van der Waals surface area contributed by atoms with Gasteiger partial charge in [0.15, 0.2) is 5.69 Å². The van der Waals surface area contributed by atoms with E-state index < -0.39 is 17.8 Å². The van der Waals surface area contributed by atoms with Gasteiger partial charge in [-0.05, 0) is 12.1 Å². The van der Waals surface area contributed by atoms with E-state index in [1.807, 2.05) is 13.8 Å². The minimum absolute atomic E-state index is 0.0174. The van der Waals surface area contributed by atoms with Crippen molar-refractivity contribution in [3.63, 3.8) is 0 Å². The second kappa shape index (κ2) is 7.48. The summed E-state index contributed by atoms with van der Waals surface area (Å²) in [5, 5.41) is 0. The molecule has 0 fully saturated rings. The van der Waals surface area contributed by atoms with E-state index in [-0.39, 0.29) is 11.4 Å². The Morgan fingerprint density at radius 2 is 1.82 bits per heavy atom. The third-order valence-electron chi connectivity index (χ3n) is 2.38. The van der Waals surface area contributed by atoms with E-state index in [0.29, 0.717) is 11.8 Å². The van der Waals surface area contributed by atoms with Gasteiger partial charge in [0.2, 0.25) is 0 Å². The van der Waals surface area contributed by atoms with Gasteiger partial charge in [0.05, 0.1) is 25.2 Å². The quantitative estimate of drug-likeness (QED) is 0.795. The van der Waals surface area contributed by atoms with Crippen molar-refractivity contribution in [2.24, 2.45) is 0 Å². The highest BCUT2D eigenvalue weighted by Crippen LogP contribution is 2.28. The molecule has 0 N–H and O–H groups in total. The molecule has 2 aromatic heterocycles. The zero-order chi connectivity index (χ0) is 16.8. The number of pyridine rings is 1. The highest BCUT2D eigenvalue weighted by atomic mass is 19.4. The molecule has 0 spiro atoms. The number of halogens is 3. The molecule has 0 aromatic carbocycles. The van der Waals surface area contributed by atoms with Crippen molar-refractivity contribution in [3.8, 4) is 11.3 Å². The average Bonchev–Trinajstić information content (AvgIpc) is 2.55. The Kier molecular flexibility index (Phi) is 5.97. The van der Waals surface area contributed by atoms with Gasteiger partial charge in [0.1, 0.15) is 5.69 Å². The van der Waals surface area contributed by atoms with E-state index in [1.165, 1.54) is 31.6 Å². The van der Waals surface area contributed by atoms with Crippen molar-refractivity contribution in [1.29, 1.82) is 0 Å². The number of ether oxygens (including phenoxy) is 1. The molecule has 0 saturated carbocycles. The predicted molar refractivity (Wildman–Crippen MR) is 73.0 cm³/mol. The fourth-order valence-electron chi connectivity index (χ4n) is 1.41. The molecule has 0 unspecified atom stereocenters. The maximum Gasteiger partial charge on any atom is 0.434 e. The van der Waals surface area contributed by atoms with Gasteiger partial charge in [-0.1, -0.05) is 13.8 Å². The number of hydrogen-bond acceptors (Lipinski definition) is 5. The summed E-state index contributed by atoms with van der Waals surface area (Å²) in [5.74, 6) is -0.633. The van der Waals surface area contributed by atoms with Crippen LogP contribution >= 0.6 is 0 Å². The van der Waals surface area contributed by atoms with Crippen LogP contribution in [-0.2, 0) is 10.9 Å². The zero-order valence-corrected chi connectivity index (χ0v) is 12.2. The fraction of sp³-hybridized carbons (Fsp3) is 0.286. The summed E-state index contributed by atoms with van der Waals surface area (Å²) in [7, 11) is 1.20. The molecule has 0 bridgehead atoms. The fourth-order valence-corrected chi connectivity index (χ4v) is 1.41. The van der Waals surface area contributed by atoms with Crippen molar-refractivity contribution in [3.05, 3.63) is 42.1 Å². The first kappa shape index (κ1) is 17.5. The van der Waals surface area contributed by atoms with Gasteiger partial charge in [-0.2, -0.15) is 13.2 Å². The molecule has 0 aliphatic heterocycles. The van der Waals surface area contributed by atoms with Gasteiger partial charge in [-0.3, -0.25) is 4.98 Å². The monoisotopic (exact) mass is 313 g/mol. The summed E-state index contributed by atoms with van der Waals surface area (Å²) in [5.41, 5.74) is -0.705. The molecule has 0 aliphatic carbocycles. The number of hydrogen-bond donors (Lipinski definition) is 0. The number of carbonyl (C=O) groups excluding carboxylic acids is 1. The van der Waals surface area contributed by atoms with Crippen molar-refractivity contribution in [2.45, 2.75) is 20.0 Å². The van der Waals surface area contributed by atoms with E-state index >= 15 is 0 Å². The Bertz CT molecular complexity index is 628. The first-order valence-electron chi connectivity index (χ1n) is 6.36. The van der Waals surface area contributed by atoms with Crippen molar-refractivity contribution >= 4 is 5.97 Å². The second-order valence-electron chi connectivity index (χ2n) is 3.71. The molecule has 22 heavy (non-hydrogen) atoms. The number of rotatable bonds is 2. The zero-order valence-electron chi connectivity index (χ0n) is 12.2. The molecule has 0 saturated heterocycles. The SMILES string of the molecule is CC.COC(=O)c1ccc(-c2cncc(C(F)(F)F)n2)cn1. The molecule has 0 atom stereocenters. The van der Waals surface area contributed by atoms with Crippen LogP contribution in [0.2, 0.25) is 0 Å². The topological polar surface area (TPSA) is 65.0 Å². The second-order valence-corrected chi connectivity index (χ2v) is 3.71. The highest BCUT2D eigenvalue weighted by Gasteiger charge is 2.33. The molecule has 0 amide bonds. The van der Waals surface area contributed by atoms with Crippen LogP contribution in [0.5, 0.6) is 0 Å². The third-order valence-corrected chi connectivity index (χ3v) is 2.38. The normalized spacial score (nSPS) is 10.5. The predicted octanol–water partition coefficient (Wildman–Crippen LogP) is 3.37. The summed E-state index contributed by atoms with van der Waals surface area (Å²) in [6.45, 7) is 4.00. The first-order valence-corrected chi connectivity index (χ1v) is 6.36. The summed E-state index contributed by atoms with van der Waals surface area (Å²) in [6, 6.07) is 2.76. The molecule has 2 heterocycles. The Labute approximate surface area is 125 Å². The number of nitrogens with zero attached hydrogens (tertiary/aromatic N) is 3. The molecule has 2 aromatic rings. The maximum atomic E-state index is 12.5. The number of aromatic nitrogens is 3. The first-order chi connectivity index (χ1) is 10.4. The Morgan fingerprint density at radius 1 is 1.14 bits per heavy atom. The van der Waals surface area contributed by atoms with Gasteiger partial charge in [0.25, 0.3) is 0 Å². The summed E-state index contributed by atoms with van der Waals surface area (Å²) < 4.78 is 42.0. The van der Waals surface area contributed by atoms with E-state index in [9.17, 15) is 18.0 Å². The lowest BCUT2D eigenvalue weighted by atomic mass is 10.2. The number of alkyl halides is 3. The lowest BCUT2D eigenvalue weighted by Gasteiger charge is -2.07. The largest absolute Gasteiger partial charge is 0.464 e. The van der Waals surface area contributed by atoms with E-state index in [4.69, 9.17) is 0 Å². The lowest BCUT2D eigenvalue weighted by Crippen LogP contribution is -2.09. The molecule has 2 rings (SSSR count). The van der Waals surface area contributed by atoms with Crippen LogP contribution in [0.1, 0.15) is 30.0 Å². The van der Waals surface area contributed by atoms with Crippen LogP contribution in [-0.4, -0.2) is 28.0 Å². The van der Waals surface area contributed by atoms with Crippen molar-refractivity contribution in [1.82, 2.24) is 15.0 Å². The molecular weight excluding hydrogens is 299 g/mol. The lowest BCUT2D eigenvalue weighted by molar-refractivity contribution is -0.141. The highest BCUT2D eigenvalue weighted by molar-refractivity contribution is 5.87. The number of carbonyl (C=O) groups is 1. The summed E-state index contributed by atoms with van der Waals surface area (Å²) in [6.07, 6.45) is -1.51. The van der Waals surface area contributed by atoms with Gasteiger partial charge in [-0.15, -0.1) is 0 Å². The van der Waals surface area contributed by atoms with Crippen LogP contribution in [0.15, 0.2) is 30.7 Å². The van der Waals surface area contributed by atoms with Crippen LogP contribution in [0.25, 0.3) is 11.3 Å². The third kappa shape index (κ3) is 4.24. The summed E-state index contributed by atoms with van der Waals surface area (Å²) >= 11 is 0. The maximum absolute atomic E-state index is 12.5. The smallest absolute Gasteiger partial charge is 0.434 e. The molecular formula is C14H14F3N3O2. The van der Waals surface area contributed by atoms with Gasteiger partial charge < -0.3 is 4.74 Å². The van der Waals surface area contributed by atoms with E-state index in [1.54, 1.807) is 0 Å².